The third-order valence-corrected chi connectivity index (χ3v) is 6.28. The van der Waals surface area contributed by atoms with E-state index in [0.717, 1.165) is 34.8 Å². The van der Waals surface area contributed by atoms with E-state index in [9.17, 15) is 9.59 Å². The molecule has 0 radical (unpaired) electrons. The lowest BCUT2D eigenvalue weighted by atomic mass is 10.0. The number of nitrogens with zero attached hydrogens (tertiary/aromatic N) is 1. The van der Waals surface area contributed by atoms with Crippen molar-refractivity contribution in [3.63, 3.8) is 0 Å². The minimum Gasteiger partial charge on any atom is -0.365 e. The van der Waals surface area contributed by atoms with Crippen LogP contribution in [0.1, 0.15) is 26.4 Å². The highest BCUT2D eigenvalue weighted by Gasteiger charge is 2.26. The molecule has 1 aromatic carbocycles. The molecule has 8 heteroatoms. The fourth-order valence-corrected chi connectivity index (χ4v) is 4.87. The topological polar surface area (TPSA) is 75.4 Å². The lowest BCUT2D eigenvalue weighted by Gasteiger charge is -2.22. The highest BCUT2D eigenvalue weighted by molar-refractivity contribution is 8.00. The number of nitrogens with one attached hydrogen (secondary N) is 1. The summed E-state index contributed by atoms with van der Waals surface area (Å²) in [6.07, 6.45) is 0.786. The van der Waals surface area contributed by atoms with Crippen LogP contribution in [0.2, 0.25) is 0 Å². The summed E-state index contributed by atoms with van der Waals surface area (Å²) in [5.41, 5.74) is 8.24. The molecule has 3 rings (SSSR count). The zero-order valence-corrected chi connectivity index (χ0v) is 17.2. The molecule has 0 fully saturated rings. The first-order chi connectivity index (χ1) is 11.9. The standard InChI is InChI=1S/C18H21N3O2S2.ClH/c1-11-3-5-12(6-4-11)24-10-15(22)20-18-16(17(19)23)13-7-8-21(2)9-14(13)25-18;/h3-6H,7-10H2,1-2H3,(H2,19,23)(H,20,22);1H. The third-order valence-electron chi connectivity index (χ3n) is 4.14. The van der Waals surface area contributed by atoms with E-state index in [1.54, 1.807) is 0 Å². The van der Waals surface area contributed by atoms with Crippen molar-refractivity contribution in [3.8, 4) is 0 Å². The second-order valence-electron chi connectivity index (χ2n) is 6.21. The van der Waals surface area contributed by atoms with Gasteiger partial charge in [0.05, 0.1) is 11.3 Å². The number of hydrogen-bond donors (Lipinski definition) is 2. The monoisotopic (exact) mass is 411 g/mol. The Balaban J connectivity index is 0.00000243. The van der Waals surface area contributed by atoms with Gasteiger partial charge in [-0.3, -0.25) is 9.59 Å². The molecule has 0 saturated heterocycles. The molecule has 1 aromatic heterocycles. The Labute approximate surface area is 167 Å². The number of anilines is 1. The molecule has 0 unspecified atom stereocenters. The summed E-state index contributed by atoms with van der Waals surface area (Å²) >= 11 is 2.94. The van der Waals surface area contributed by atoms with Crippen molar-refractivity contribution >= 4 is 52.3 Å². The van der Waals surface area contributed by atoms with Crippen LogP contribution in [0.5, 0.6) is 0 Å². The van der Waals surface area contributed by atoms with E-state index in [1.807, 2.05) is 38.2 Å². The van der Waals surface area contributed by atoms with Crippen LogP contribution < -0.4 is 11.1 Å². The number of rotatable bonds is 5. The summed E-state index contributed by atoms with van der Waals surface area (Å²) in [6, 6.07) is 8.05. The van der Waals surface area contributed by atoms with Gasteiger partial charge in [-0.1, -0.05) is 17.7 Å². The van der Waals surface area contributed by atoms with E-state index < -0.39 is 5.91 Å². The number of hydrogen-bond acceptors (Lipinski definition) is 5. The van der Waals surface area contributed by atoms with Crippen molar-refractivity contribution in [2.45, 2.75) is 24.8 Å². The van der Waals surface area contributed by atoms with Crippen molar-refractivity contribution in [2.75, 3.05) is 24.7 Å². The van der Waals surface area contributed by atoms with Gasteiger partial charge in [-0.25, -0.2) is 0 Å². The number of fused-ring (bicyclic) bond motifs is 1. The molecule has 1 aliphatic rings. The maximum atomic E-state index is 12.3. The van der Waals surface area contributed by atoms with Crippen molar-refractivity contribution in [2.24, 2.45) is 5.73 Å². The Morgan fingerprint density at radius 3 is 2.65 bits per heavy atom. The molecule has 0 saturated carbocycles. The number of nitrogens with two attached hydrogens (primary N) is 1. The summed E-state index contributed by atoms with van der Waals surface area (Å²) in [5, 5.41) is 3.47. The number of thioether (sulfide) groups is 1. The highest BCUT2D eigenvalue weighted by Crippen LogP contribution is 2.36. The van der Waals surface area contributed by atoms with Gasteiger partial charge in [0, 0.05) is 22.9 Å². The maximum absolute atomic E-state index is 12.3. The predicted octanol–water partition coefficient (Wildman–Crippen LogP) is 3.30. The van der Waals surface area contributed by atoms with Gasteiger partial charge in [0.1, 0.15) is 5.00 Å². The van der Waals surface area contributed by atoms with Crippen LogP contribution in [0.25, 0.3) is 0 Å². The lowest BCUT2D eigenvalue weighted by molar-refractivity contribution is -0.113. The predicted molar refractivity (Wildman–Crippen MR) is 111 cm³/mol. The number of halogens is 1. The minimum absolute atomic E-state index is 0. The van der Waals surface area contributed by atoms with Crippen molar-refractivity contribution in [1.82, 2.24) is 4.90 Å². The molecule has 3 N–H and O–H groups in total. The number of benzene rings is 1. The molecular formula is C18H22ClN3O2S2. The van der Waals surface area contributed by atoms with Gasteiger partial charge in [-0.2, -0.15) is 0 Å². The number of thiophene rings is 1. The number of carbonyl (C=O) groups is 2. The Hall–Kier alpha value is -1.54. The quantitative estimate of drug-likeness (QED) is 0.740. The Morgan fingerprint density at radius 2 is 2.00 bits per heavy atom. The van der Waals surface area contributed by atoms with Gasteiger partial charge in [-0.15, -0.1) is 35.5 Å². The van der Waals surface area contributed by atoms with Crippen LogP contribution in [0, 0.1) is 6.92 Å². The van der Waals surface area contributed by atoms with Gasteiger partial charge in [0.2, 0.25) is 5.91 Å². The smallest absolute Gasteiger partial charge is 0.251 e. The minimum atomic E-state index is -0.469. The van der Waals surface area contributed by atoms with Crippen LogP contribution in [-0.2, 0) is 17.8 Å². The number of carbonyl (C=O) groups excluding carboxylic acids is 2. The summed E-state index contributed by atoms with van der Waals surface area (Å²) in [4.78, 5) is 28.6. The van der Waals surface area contributed by atoms with Crippen LogP contribution in [-0.4, -0.2) is 36.1 Å². The third kappa shape index (κ3) is 4.79. The first-order valence-electron chi connectivity index (χ1n) is 8.06. The number of primary amides is 1. The molecular weight excluding hydrogens is 390 g/mol. The van der Waals surface area contributed by atoms with Crippen LogP contribution in [0.4, 0.5) is 5.00 Å². The maximum Gasteiger partial charge on any atom is 0.251 e. The molecule has 5 nitrogen and oxygen atoms in total. The van der Waals surface area contributed by atoms with E-state index in [1.165, 1.54) is 28.7 Å². The average Bonchev–Trinajstić information content (AvgIpc) is 2.91. The highest BCUT2D eigenvalue weighted by atomic mass is 35.5. The normalized spacial score (nSPS) is 13.6. The summed E-state index contributed by atoms with van der Waals surface area (Å²) < 4.78 is 0. The van der Waals surface area contributed by atoms with Gasteiger partial charge in [0.15, 0.2) is 0 Å². The van der Waals surface area contributed by atoms with Crippen molar-refractivity contribution < 1.29 is 9.59 Å². The second kappa shape index (κ2) is 8.90. The molecule has 26 heavy (non-hydrogen) atoms. The SMILES string of the molecule is Cc1ccc(SCC(=O)Nc2sc3c(c2C(N)=O)CCN(C)C3)cc1.Cl. The Morgan fingerprint density at radius 1 is 1.31 bits per heavy atom. The summed E-state index contributed by atoms with van der Waals surface area (Å²) in [6.45, 7) is 3.71. The number of likely N-dealkylation sites (N-methyl/N-ethyl adjacent to an activating group) is 1. The van der Waals surface area contributed by atoms with Gasteiger partial charge < -0.3 is 16.0 Å². The van der Waals surface area contributed by atoms with E-state index in [-0.39, 0.29) is 18.3 Å². The van der Waals surface area contributed by atoms with Gasteiger partial charge >= 0.3 is 0 Å². The first kappa shape index (κ1) is 20.8. The largest absolute Gasteiger partial charge is 0.365 e. The molecule has 2 aromatic rings. The molecule has 1 aliphatic heterocycles. The van der Waals surface area contributed by atoms with E-state index in [0.29, 0.717) is 16.3 Å². The molecule has 2 amide bonds. The van der Waals surface area contributed by atoms with Crippen molar-refractivity contribution in [1.29, 1.82) is 0 Å². The Kier molecular flexibility index (Phi) is 7.11. The summed E-state index contributed by atoms with van der Waals surface area (Å²) in [7, 11) is 2.04. The Bertz CT molecular complexity index is 806. The van der Waals surface area contributed by atoms with E-state index in [4.69, 9.17) is 5.73 Å². The van der Waals surface area contributed by atoms with Crippen LogP contribution in [0.15, 0.2) is 29.2 Å². The molecule has 0 atom stereocenters. The summed E-state index contributed by atoms with van der Waals surface area (Å²) in [5.74, 6) is -0.299. The molecule has 140 valence electrons. The molecule has 0 aliphatic carbocycles. The molecule has 0 bridgehead atoms. The fourth-order valence-electron chi connectivity index (χ4n) is 2.83. The van der Waals surface area contributed by atoms with Gasteiger partial charge in [0.25, 0.3) is 5.91 Å². The zero-order valence-electron chi connectivity index (χ0n) is 14.7. The van der Waals surface area contributed by atoms with Crippen LogP contribution in [0.3, 0.4) is 0 Å². The first-order valence-corrected chi connectivity index (χ1v) is 9.86. The van der Waals surface area contributed by atoms with Crippen molar-refractivity contribution in [3.05, 3.63) is 45.8 Å². The van der Waals surface area contributed by atoms with E-state index >= 15 is 0 Å². The van der Waals surface area contributed by atoms with Crippen LogP contribution >= 0.6 is 35.5 Å². The lowest BCUT2D eigenvalue weighted by Crippen LogP contribution is -2.27. The number of aryl methyl sites for hydroxylation is 1. The molecule has 0 spiro atoms. The second-order valence-corrected chi connectivity index (χ2v) is 8.36. The number of amides is 2. The average molecular weight is 412 g/mol. The van der Waals surface area contributed by atoms with Gasteiger partial charge in [-0.05, 0) is 38.1 Å². The molecule has 2 heterocycles. The fraction of sp³-hybridized carbons (Fsp3) is 0.333. The zero-order chi connectivity index (χ0) is 18.0. The van der Waals surface area contributed by atoms with E-state index in [2.05, 4.69) is 10.2 Å².